The lowest BCUT2D eigenvalue weighted by Crippen LogP contribution is -2.43. The zero-order chi connectivity index (χ0) is 14.1. The Morgan fingerprint density at radius 1 is 1.00 bits per heavy atom. The summed E-state index contributed by atoms with van der Waals surface area (Å²) in [4.78, 5) is 0. The minimum atomic E-state index is -0.929. The third kappa shape index (κ3) is 5.33. The third-order valence-electron chi connectivity index (χ3n) is 3.82. The Balaban J connectivity index is 2.67. The molecule has 0 saturated heterocycles. The van der Waals surface area contributed by atoms with Crippen molar-refractivity contribution in [1.29, 1.82) is 0 Å². The molecule has 0 bridgehead atoms. The van der Waals surface area contributed by atoms with Crippen LogP contribution in [0.3, 0.4) is 0 Å². The largest absolute Gasteiger partial charge is 0.390 e. The summed E-state index contributed by atoms with van der Waals surface area (Å²) in [7, 11) is 0. The average molecular weight is 264 g/mol. The molecule has 0 aliphatic heterocycles. The Bertz CT molecular complexity index is 326. The van der Waals surface area contributed by atoms with Crippen LogP contribution >= 0.6 is 0 Å². The molecule has 0 fully saturated rings. The molecule has 0 spiro atoms. The number of rotatable bonds is 9. The first kappa shape index (κ1) is 16.2. The van der Waals surface area contributed by atoms with E-state index in [0.717, 1.165) is 31.2 Å². The lowest BCUT2D eigenvalue weighted by molar-refractivity contribution is -0.0873. The molecule has 2 N–H and O–H groups in total. The van der Waals surface area contributed by atoms with Crippen LogP contribution in [0.5, 0.6) is 0 Å². The fraction of sp³-hybridized carbons (Fsp3) is 0.647. The van der Waals surface area contributed by atoms with Crippen LogP contribution in [0.1, 0.15) is 57.9 Å². The van der Waals surface area contributed by atoms with E-state index < -0.39 is 11.7 Å². The molecule has 1 rings (SSSR count). The quantitative estimate of drug-likeness (QED) is 0.714. The van der Waals surface area contributed by atoms with Gasteiger partial charge in [0.1, 0.15) is 0 Å². The van der Waals surface area contributed by atoms with Crippen molar-refractivity contribution in [3.8, 4) is 0 Å². The second-order valence-corrected chi connectivity index (χ2v) is 5.52. The number of aliphatic hydroxyl groups excluding tert-OH is 1. The lowest BCUT2D eigenvalue weighted by atomic mass is 9.83. The Hall–Kier alpha value is -0.860. The topological polar surface area (TPSA) is 40.5 Å². The summed E-state index contributed by atoms with van der Waals surface area (Å²) in [5, 5.41) is 21.2. The summed E-state index contributed by atoms with van der Waals surface area (Å²) in [6.45, 7) is 4.23. The van der Waals surface area contributed by atoms with Crippen LogP contribution in [0.25, 0.3) is 0 Å². The van der Waals surface area contributed by atoms with Crippen molar-refractivity contribution in [2.45, 2.75) is 70.5 Å². The summed E-state index contributed by atoms with van der Waals surface area (Å²) in [6, 6.07) is 9.92. The average Bonchev–Trinajstić information content (AvgIpc) is 2.44. The van der Waals surface area contributed by atoms with Crippen molar-refractivity contribution in [1.82, 2.24) is 0 Å². The van der Waals surface area contributed by atoms with Crippen LogP contribution in [-0.2, 0) is 6.42 Å². The maximum absolute atomic E-state index is 10.8. The van der Waals surface area contributed by atoms with Crippen LogP contribution in [-0.4, -0.2) is 21.9 Å². The summed E-state index contributed by atoms with van der Waals surface area (Å²) >= 11 is 0. The van der Waals surface area contributed by atoms with Gasteiger partial charge in [-0.25, -0.2) is 0 Å². The van der Waals surface area contributed by atoms with Crippen molar-refractivity contribution in [3.63, 3.8) is 0 Å². The summed E-state index contributed by atoms with van der Waals surface area (Å²) in [5.74, 6) is 0. The van der Waals surface area contributed by atoms with Gasteiger partial charge in [0, 0.05) is 6.42 Å². The molecule has 0 aliphatic carbocycles. The van der Waals surface area contributed by atoms with Crippen LogP contribution in [0.4, 0.5) is 0 Å². The van der Waals surface area contributed by atoms with Gasteiger partial charge in [0.2, 0.25) is 0 Å². The van der Waals surface area contributed by atoms with E-state index in [1.165, 1.54) is 0 Å². The minimum absolute atomic E-state index is 0.533. The van der Waals surface area contributed by atoms with Crippen LogP contribution < -0.4 is 0 Å². The molecule has 1 aromatic rings. The van der Waals surface area contributed by atoms with Crippen molar-refractivity contribution in [2.75, 3.05) is 0 Å². The highest BCUT2D eigenvalue weighted by atomic mass is 16.3. The maximum atomic E-state index is 10.8. The van der Waals surface area contributed by atoms with Crippen molar-refractivity contribution < 1.29 is 10.2 Å². The Kier molecular flexibility index (Phi) is 7.11. The number of unbranched alkanes of at least 4 members (excludes halogenated alkanes) is 2. The zero-order valence-electron chi connectivity index (χ0n) is 12.3. The molecule has 2 nitrogen and oxygen atoms in total. The van der Waals surface area contributed by atoms with Crippen molar-refractivity contribution >= 4 is 0 Å². The van der Waals surface area contributed by atoms with Gasteiger partial charge in [-0.3, -0.25) is 0 Å². The lowest BCUT2D eigenvalue weighted by Gasteiger charge is -2.33. The second-order valence-electron chi connectivity index (χ2n) is 5.52. The van der Waals surface area contributed by atoms with E-state index in [0.29, 0.717) is 19.3 Å². The molecule has 19 heavy (non-hydrogen) atoms. The van der Waals surface area contributed by atoms with E-state index in [-0.39, 0.29) is 0 Å². The third-order valence-corrected chi connectivity index (χ3v) is 3.82. The predicted molar refractivity (Wildman–Crippen MR) is 80.2 cm³/mol. The SMILES string of the molecule is CCCCC(O)(CCCC)[C@@H](O)Cc1ccccc1. The Morgan fingerprint density at radius 2 is 1.53 bits per heavy atom. The summed E-state index contributed by atoms with van der Waals surface area (Å²) < 4.78 is 0. The van der Waals surface area contributed by atoms with Gasteiger partial charge in [-0.2, -0.15) is 0 Å². The molecule has 0 unspecified atom stereocenters. The first-order chi connectivity index (χ1) is 9.12. The van der Waals surface area contributed by atoms with Crippen LogP contribution in [0, 0.1) is 0 Å². The van der Waals surface area contributed by atoms with Gasteiger partial charge in [-0.15, -0.1) is 0 Å². The molecule has 1 atom stereocenters. The normalized spacial score (nSPS) is 13.5. The van der Waals surface area contributed by atoms with Gasteiger partial charge in [-0.1, -0.05) is 69.9 Å². The highest BCUT2D eigenvalue weighted by Crippen LogP contribution is 2.27. The smallest absolute Gasteiger partial charge is 0.0908 e. The van der Waals surface area contributed by atoms with E-state index in [4.69, 9.17) is 0 Å². The molecule has 0 heterocycles. The van der Waals surface area contributed by atoms with Crippen molar-refractivity contribution in [2.24, 2.45) is 0 Å². The maximum Gasteiger partial charge on any atom is 0.0908 e. The van der Waals surface area contributed by atoms with E-state index in [1.807, 2.05) is 30.3 Å². The molecule has 1 aromatic carbocycles. The fourth-order valence-electron chi connectivity index (χ4n) is 2.45. The zero-order valence-corrected chi connectivity index (χ0v) is 12.3. The van der Waals surface area contributed by atoms with E-state index >= 15 is 0 Å². The highest BCUT2D eigenvalue weighted by Gasteiger charge is 2.34. The van der Waals surface area contributed by atoms with Gasteiger partial charge in [-0.05, 0) is 18.4 Å². The van der Waals surface area contributed by atoms with E-state index in [2.05, 4.69) is 13.8 Å². The molecule has 0 saturated carbocycles. The number of hydrogen-bond donors (Lipinski definition) is 2. The molecular weight excluding hydrogens is 236 g/mol. The summed E-state index contributed by atoms with van der Waals surface area (Å²) in [6.07, 6.45) is 5.27. The molecule has 108 valence electrons. The fourth-order valence-corrected chi connectivity index (χ4v) is 2.45. The van der Waals surface area contributed by atoms with Gasteiger partial charge in [0.15, 0.2) is 0 Å². The molecule has 0 aliphatic rings. The van der Waals surface area contributed by atoms with E-state index in [1.54, 1.807) is 0 Å². The number of benzene rings is 1. The first-order valence-electron chi connectivity index (χ1n) is 7.56. The van der Waals surface area contributed by atoms with Gasteiger partial charge in [0.25, 0.3) is 0 Å². The summed E-state index contributed by atoms with van der Waals surface area (Å²) in [5.41, 5.74) is 0.156. The molecule has 0 amide bonds. The molecular formula is C17H28O2. The second kappa shape index (κ2) is 8.34. The van der Waals surface area contributed by atoms with E-state index in [9.17, 15) is 10.2 Å². The number of aliphatic hydroxyl groups is 2. The van der Waals surface area contributed by atoms with Gasteiger partial charge < -0.3 is 10.2 Å². The van der Waals surface area contributed by atoms with Crippen LogP contribution in [0.2, 0.25) is 0 Å². The molecule has 0 radical (unpaired) electrons. The highest BCUT2D eigenvalue weighted by molar-refractivity contribution is 5.16. The van der Waals surface area contributed by atoms with Crippen molar-refractivity contribution in [3.05, 3.63) is 35.9 Å². The van der Waals surface area contributed by atoms with Gasteiger partial charge >= 0.3 is 0 Å². The predicted octanol–water partition coefficient (Wildman–Crippen LogP) is 3.70. The standard InChI is InChI=1S/C17H28O2/c1-3-5-12-17(19,13-6-4-2)16(18)14-15-10-8-7-9-11-15/h7-11,16,18-19H,3-6,12-14H2,1-2H3/t16-/m0/s1. The molecule has 0 aromatic heterocycles. The minimum Gasteiger partial charge on any atom is -0.390 e. The number of hydrogen-bond acceptors (Lipinski definition) is 2. The first-order valence-corrected chi connectivity index (χ1v) is 7.56. The Morgan fingerprint density at radius 3 is 2.00 bits per heavy atom. The molecule has 2 heteroatoms. The van der Waals surface area contributed by atoms with Crippen LogP contribution in [0.15, 0.2) is 30.3 Å². The Labute approximate surface area is 117 Å². The monoisotopic (exact) mass is 264 g/mol. The van der Waals surface area contributed by atoms with Gasteiger partial charge in [0.05, 0.1) is 11.7 Å².